The van der Waals surface area contributed by atoms with Crippen LogP contribution in [0, 0.1) is 11.3 Å². The minimum atomic E-state index is -4.27. The van der Waals surface area contributed by atoms with Crippen molar-refractivity contribution in [2.45, 2.75) is 46.3 Å². The van der Waals surface area contributed by atoms with Crippen LogP contribution in [-0.2, 0) is 6.18 Å². The molecule has 4 heteroatoms. The van der Waals surface area contributed by atoms with Gasteiger partial charge in [-0.2, -0.15) is 13.2 Å². The fraction of sp³-hybridized carbons (Fsp3) is 0.625. The molecule has 2 atom stereocenters. The molecular formula is C16H24F3N. The second-order valence-electron chi connectivity index (χ2n) is 6.46. The highest BCUT2D eigenvalue weighted by atomic mass is 19.4. The van der Waals surface area contributed by atoms with E-state index in [4.69, 9.17) is 0 Å². The number of benzene rings is 1. The Bertz CT molecular complexity index is 415. The number of nitrogens with one attached hydrogen (secondary N) is 1. The van der Waals surface area contributed by atoms with Gasteiger partial charge in [0.25, 0.3) is 0 Å². The van der Waals surface area contributed by atoms with Crippen molar-refractivity contribution in [1.29, 1.82) is 0 Å². The first-order valence-corrected chi connectivity index (χ1v) is 6.90. The lowest BCUT2D eigenvalue weighted by molar-refractivity contribution is -0.137. The van der Waals surface area contributed by atoms with Crippen molar-refractivity contribution in [2.24, 2.45) is 11.3 Å². The molecule has 0 heterocycles. The summed E-state index contributed by atoms with van der Waals surface area (Å²) >= 11 is 0. The molecule has 0 bridgehead atoms. The first-order chi connectivity index (χ1) is 9.05. The molecule has 0 aliphatic heterocycles. The molecule has 0 amide bonds. The van der Waals surface area contributed by atoms with E-state index in [1.165, 1.54) is 0 Å². The van der Waals surface area contributed by atoms with Crippen LogP contribution in [0.2, 0.25) is 0 Å². The maximum atomic E-state index is 12.6. The molecule has 1 aromatic carbocycles. The number of hydrogen-bond acceptors (Lipinski definition) is 1. The Hall–Kier alpha value is -1.03. The van der Waals surface area contributed by atoms with Crippen LogP contribution in [0.4, 0.5) is 13.2 Å². The molecule has 0 fully saturated rings. The van der Waals surface area contributed by atoms with Gasteiger partial charge in [0.1, 0.15) is 0 Å². The standard InChI is InChI=1S/C16H24F3N/c1-11(15(2,3)4)10-14(20-5)12-6-8-13(9-7-12)16(17,18)19/h6-9,11,14,20H,10H2,1-5H3. The SMILES string of the molecule is CNC(CC(C)C(C)(C)C)c1ccc(C(F)(F)F)cc1. The van der Waals surface area contributed by atoms with Gasteiger partial charge in [0.2, 0.25) is 0 Å². The van der Waals surface area contributed by atoms with E-state index in [2.05, 4.69) is 33.0 Å². The van der Waals surface area contributed by atoms with Crippen molar-refractivity contribution in [3.8, 4) is 0 Å². The lowest BCUT2D eigenvalue weighted by Crippen LogP contribution is -2.25. The summed E-state index contributed by atoms with van der Waals surface area (Å²) in [6, 6.07) is 5.52. The van der Waals surface area contributed by atoms with Gasteiger partial charge < -0.3 is 5.32 Å². The molecule has 20 heavy (non-hydrogen) atoms. The number of rotatable bonds is 4. The van der Waals surface area contributed by atoms with Crippen molar-refractivity contribution in [1.82, 2.24) is 5.32 Å². The zero-order valence-corrected chi connectivity index (χ0v) is 12.8. The summed E-state index contributed by atoms with van der Waals surface area (Å²) in [5.74, 6) is 0.460. The lowest BCUT2D eigenvalue weighted by atomic mass is 9.77. The minimum Gasteiger partial charge on any atom is -0.313 e. The van der Waals surface area contributed by atoms with Gasteiger partial charge in [-0.25, -0.2) is 0 Å². The number of hydrogen-bond donors (Lipinski definition) is 1. The molecule has 1 rings (SSSR count). The zero-order valence-electron chi connectivity index (χ0n) is 12.8. The van der Waals surface area contributed by atoms with Crippen molar-refractivity contribution in [3.63, 3.8) is 0 Å². The second-order valence-corrected chi connectivity index (χ2v) is 6.46. The highest BCUT2D eigenvalue weighted by Gasteiger charge is 2.30. The summed E-state index contributed by atoms with van der Waals surface area (Å²) < 4.78 is 37.7. The van der Waals surface area contributed by atoms with Crippen LogP contribution in [0.25, 0.3) is 0 Å². The molecule has 0 radical (unpaired) electrons. The van der Waals surface area contributed by atoms with Crippen molar-refractivity contribution >= 4 is 0 Å². The monoisotopic (exact) mass is 287 g/mol. The van der Waals surface area contributed by atoms with E-state index in [9.17, 15) is 13.2 Å². The fourth-order valence-corrected chi connectivity index (χ4v) is 2.03. The molecule has 0 aliphatic carbocycles. The Kier molecular flexibility index (Phi) is 5.25. The highest BCUT2D eigenvalue weighted by molar-refractivity contribution is 5.26. The predicted molar refractivity (Wildman–Crippen MR) is 76.5 cm³/mol. The van der Waals surface area contributed by atoms with Gasteiger partial charge in [0, 0.05) is 6.04 Å². The Balaban J connectivity index is 2.86. The summed E-state index contributed by atoms with van der Waals surface area (Å²) in [7, 11) is 1.84. The fourth-order valence-electron chi connectivity index (χ4n) is 2.03. The quantitative estimate of drug-likeness (QED) is 0.818. The molecule has 0 aliphatic rings. The normalized spacial score (nSPS) is 16.0. The van der Waals surface area contributed by atoms with E-state index in [-0.39, 0.29) is 11.5 Å². The Morgan fingerprint density at radius 1 is 1.05 bits per heavy atom. The van der Waals surface area contributed by atoms with Crippen molar-refractivity contribution < 1.29 is 13.2 Å². The first-order valence-electron chi connectivity index (χ1n) is 6.90. The molecule has 0 spiro atoms. The zero-order chi connectivity index (χ0) is 15.6. The third-order valence-electron chi connectivity index (χ3n) is 4.06. The molecule has 1 nitrogen and oxygen atoms in total. The van der Waals surface area contributed by atoms with E-state index < -0.39 is 11.7 Å². The third kappa shape index (κ3) is 4.51. The van der Waals surface area contributed by atoms with E-state index in [1.807, 2.05) is 7.05 Å². The summed E-state index contributed by atoms with van der Waals surface area (Å²) in [5.41, 5.74) is 0.484. The Labute approximate surface area is 119 Å². The first kappa shape index (κ1) is 17.0. The molecule has 1 N–H and O–H groups in total. The maximum absolute atomic E-state index is 12.6. The largest absolute Gasteiger partial charge is 0.416 e. The third-order valence-corrected chi connectivity index (χ3v) is 4.06. The van der Waals surface area contributed by atoms with Crippen molar-refractivity contribution in [3.05, 3.63) is 35.4 Å². The number of alkyl halides is 3. The highest BCUT2D eigenvalue weighted by Crippen LogP contribution is 2.34. The van der Waals surface area contributed by atoms with Gasteiger partial charge in [0.15, 0.2) is 0 Å². The smallest absolute Gasteiger partial charge is 0.313 e. The summed E-state index contributed by atoms with van der Waals surface area (Å²) in [6.07, 6.45) is -3.38. The molecule has 0 saturated carbocycles. The van der Waals surface area contributed by atoms with Gasteiger partial charge in [-0.15, -0.1) is 0 Å². The maximum Gasteiger partial charge on any atom is 0.416 e. The van der Waals surface area contributed by atoms with Gasteiger partial charge >= 0.3 is 6.18 Å². The van der Waals surface area contributed by atoms with Crippen LogP contribution < -0.4 is 5.32 Å². The van der Waals surface area contributed by atoms with Gasteiger partial charge in [0.05, 0.1) is 5.56 Å². The molecule has 0 aromatic heterocycles. The summed E-state index contributed by atoms with van der Waals surface area (Å²) in [4.78, 5) is 0. The molecular weight excluding hydrogens is 263 g/mol. The number of halogens is 3. The van der Waals surface area contributed by atoms with Crippen LogP contribution in [0.3, 0.4) is 0 Å². The molecule has 1 aromatic rings. The average Bonchev–Trinajstić information content (AvgIpc) is 2.33. The van der Waals surface area contributed by atoms with E-state index in [1.54, 1.807) is 12.1 Å². The summed E-state index contributed by atoms with van der Waals surface area (Å²) in [6.45, 7) is 8.71. The topological polar surface area (TPSA) is 12.0 Å². The van der Waals surface area contributed by atoms with Crippen molar-refractivity contribution in [2.75, 3.05) is 7.05 Å². The summed E-state index contributed by atoms with van der Waals surface area (Å²) in [5, 5.41) is 3.20. The van der Waals surface area contributed by atoms with Gasteiger partial charge in [-0.3, -0.25) is 0 Å². The van der Waals surface area contributed by atoms with Crippen LogP contribution in [0.5, 0.6) is 0 Å². The Morgan fingerprint density at radius 3 is 1.90 bits per heavy atom. The molecule has 0 saturated heterocycles. The van der Waals surface area contributed by atoms with Crippen LogP contribution >= 0.6 is 0 Å². The van der Waals surface area contributed by atoms with Gasteiger partial charge in [-0.05, 0) is 42.5 Å². The van der Waals surface area contributed by atoms with Crippen LogP contribution in [0.15, 0.2) is 24.3 Å². The van der Waals surface area contributed by atoms with E-state index in [0.717, 1.165) is 24.1 Å². The molecule has 114 valence electrons. The van der Waals surface area contributed by atoms with E-state index >= 15 is 0 Å². The van der Waals surface area contributed by atoms with E-state index in [0.29, 0.717) is 5.92 Å². The predicted octanol–water partition coefficient (Wildman–Crippen LogP) is 5.04. The van der Waals surface area contributed by atoms with Gasteiger partial charge in [-0.1, -0.05) is 39.8 Å². The average molecular weight is 287 g/mol. The lowest BCUT2D eigenvalue weighted by Gasteiger charge is -2.31. The minimum absolute atomic E-state index is 0.0755. The Morgan fingerprint density at radius 2 is 1.55 bits per heavy atom. The second kappa shape index (κ2) is 6.17. The van der Waals surface area contributed by atoms with Crippen LogP contribution in [-0.4, -0.2) is 7.05 Å². The molecule has 2 unspecified atom stereocenters. The van der Waals surface area contributed by atoms with Crippen LogP contribution in [0.1, 0.15) is 51.3 Å².